The van der Waals surface area contributed by atoms with E-state index in [0.717, 1.165) is 11.1 Å². The van der Waals surface area contributed by atoms with Crippen LogP contribution in [0.25, 0.3) is 11.0 Å². The number of hydrogen-bond acceptors (Lipinski definition) is 4. The summed E-state index contributed by atoms with van der Waals surface area (Å²) in [4.78, 5) is 32.6. The smallest absolute Gasteiger partial charge is 0.296 e. The highest BCUT2D eigenvalue weighted by Crippen LogP contribution is 2.40. The number of aryl methyl sites for hydroxylation is 1. The van der Waals surface area contributed by atoms with Crippen molar-refractivity contribution in [2.24, 2.45) is 0 Å². The molecular weight excluding hydrogens is 388 g/mol. The molecule has 29 heavy (non-hydrogen) atoms. The molecule has 0 aliphatic carbocycles. The first-order valence-electron chi connectivity index (χ1n) is 9.12. The van der Waals surface area contributed by atoms with Crippen LogP contribution in [0.2, 0.25) is 5.02 Å². The number of nitrogens with zero attached hydrogens (tertiary/aromatic N) is 2. The van der Waals surface area contributed by atoms with E-state index in [1.165, 1.54) is 11.1 Å². The van der Waals surface area contributed by atoms with Crippen LogP contribution < -0.4 is 10.3 Å². The highest BCUT2D eigenvalue weighted by Gasteiger charge is 2.44. The van der Waals surface area contributed by atoms with Crippen molar-refractivity contribution in [2.75, 3.05) is 4.90 Å². The van der Waals surface area contributed by atoms with Crippen LogP contribution in [-0.2, 0) is 0 Å². The Kier molecular flexibility index (Phi) is 4.00. The first-order chi connectivity index (χ1) is 14.0. The van der Waals surface area contributed by atoms with E-state index in [-0.39, 0.29) is 11.2 Å². The fourth-order valence-electron chi connectivity index (χ4n) is 3.78. The molecule has 0 fully saturated rings. The van der Waals surface area contributed by atoms with Gasteiger partial charge in [0.15, 0.2) is 5.43 Å². The predicted molar refractivity (Wildman–Crippen MR) is 112 cm³/mol. The summed E-state index contributed by atoms with van der Waals surface area (Å²) in [5, 5.41) is 0.924. The Balaban J connectivity index is 1.82. The van der Waals surface area contributed by atoms with Crippen LogP contribution >= 0.6 is 11.6 Å². The maximum Gasteiger partial charge on any atom is 0.296 e. The fraction of sp³-hybridized carbons (Fsp3) is 0.0870. The van der Waals surface area contributed by atoms with Gasteiger partial charge < -0.3 is 4.42 Å². The lowest BCUT2D eigenvalue weighted by atomic mass is 9.98. The van der Waals surface area contributed by atoms with Crippen molar-refractivity contribution in [3.63, 3.8) is 0 Å². The minimum absolute atomic E-state index is 0.0527. The Morgan fingerprint density at radius 2 is 1.83 bits per heavy atom. The lowest BCUT2D eigenvalue weighted by molar-refractivity contribution is 0.0970. The third-order valence-electron chi connectivity index (χ3n) is 5.10. The molecule has 6 heteroatoms. The highest BCUT2D eigenvalue weighted by molar-refractivity contribution is 6.30. The van der Waals surface area contributed by atoms with Gasteiger partial charge in [-0.25, -0.2) is 4.98 Å². The first kappa shape index (κ1) is 17.6. The van der Waals surface area contributed by atoms with Crippen molar-refractivity contribution in [2.45, 2.75) is 13.0 Å². The molecule has 2 aromatic carbocycles. The molecule has 142 valence electrons. The molecule has 5 rings (SSSR count). The summed E-state index contributed by atoms with van der Waals surface area (Å²) in [5.74, 6) is 0.0551. The number of carbonyl (C=O) groups excluding carboxylic acids is 1. The lowest BCUT2D eigenvalue weighted by Crippen LogP contribution is -2.30. The van der Waals surface area contributed by atoms with Gasteiger partial charge in [-0.2, -0.15) is 0 Å². The average Bonchev–Trinajstić information content (AvgIpc) is 3.03. The van der Waals surface area contributed by atoms with Crippen molar-refractivity contribution in [3.8, 4) is 0 Å². The zero-order chi connectivity index (χ0) is 20.1. The number of carbonyl (C=O) groups is 1. The number of rotatable bonds is 2. The zero-order valence-corrected chi connectivity index (χ0v) is 16.2. The molecule has 1 atom stereocenters. The maximum atomic E-state index is 13.5. The van der Waals surface area contributed by atoms with Crippen molar-refractivity contribution >= 4 is 34.3 Å². The third-order valence-corrected chi connectivity index (χ3v) is 5.32. The average molecular weight is 403 g/mol. The van der Waals surface area contributed by atoms with Gasteiger partial charge in [0.05, 0.1) is 22.0 Å². The standard InChI is InChI=1S/C23H15ClN2O3/c1-13-7-9-17-16(11-13)21(27)19-20(14-5-3-2-4-6-14)26(23(28)22(19)29-17)18-10-8-15(24)12-25-18/h2-12,20H,1H3/t20-/m0/s1. The topological polar surface area (TPSA) is 63.4 Å². The molecule has 3 heterocycles. The number of hydrogen-bond donors (Lipinski definition) is 0. The summed E-state index contributed by atoms with van der Waals surface area (Å²) >= 11 is 5.97. The third kappa shape index (κ3) is 2.74. The van der Waals surface area contributed by atoms with Crippen molar-refractivity contribution < 1.29 is 9.21 Å². The van der Waals surface area contributed by atoms with Gasteiger partial charge in [-0.05, 0) is 36.8 Å². The fourth-order valence-corrected chi connectivity index (χ4v) is 3.90. The molecule has 1 amide bonds. The number of benzene rings is 2. The Morgan fingerprint density at radius 3 is 2.55 bits per heavy atom. The van der Waals surface area contributed by atoms with Crippen molar-refractivity contribution in [3.05, 3.63) is 105 Å². The largest absolute Gasteiger partial charge is 0.450 e. The summed E-state index contributed by atoms with van der Waals surface area (Å²) in [5.41, 5.74) is 2.27. The van der Waals surface area contributed by atoms with E-state index in [4.69, 9.17) is 16.0 Å². The Bertz CT molecular complexity index is 1310. The lowest BCUT2D eigenvalue weighted by Gasteiger charge is -2.24. The minimum atomic E-state index is -0.631. The molecular formula is C23H15ClN2O3. The van der Waals surface area contributed by atoms with E-state index in [9.17, 15) is 9.59 Å². The van der Waals surface area contributed by atoms with Gasteiger partial charge in [0.1, 0.15) is 11.4 Å². The van der Waals surface area contributed by atoms with Gasteiger partial charge in [0.25, 0.3) is 5.91 Å². The van der Waals surface area contributed by atoms with Crippen LogP contribution in [0.15, 0.2) is 76.1 Å². The predicted octanol–water partition coefficient (Wildman–Crippen LogP) is 4.90. The summed E-state index contributed by atoms with van der Waals surface area (Å²) in [6.07, 6.45) is 1.48. The van der Waals surface area contributed by atoms with E-state index in [1.807, 2.05) is 43.3 Å². The SMILES string of the molecule is Cc1ccc2oc3c(c(=O)c2c1)[C@H](c1ccccc1)N(c1ccc(Cl)cn1)C3=O. The second-order valence-electron chi connectivity index (χ2n) is 7.00. The van der Waals surface area contributed by atoms with Crippen LogP contribution in [0.5, 0.6) is 0 Å². The molecule has 0 bridgehead atoms. The molecule has 0 radical (unpaired) electrons. The van der Waals surface area contributed by atoms with E-state index >= 15 is 0 Å². The van der Waals surface area contributed by atoms with E-state index in [1.54, 1.807) is 24.3 Å². The highest BCUT2D eigenvalue weighted by atomic mass is 35.5. The van der Waals surface area contributed by atoms with Gasteiger partial charge in [-0.15, -0.1) is 0 Å². The summed E-state index contributed by atoms with van der Waals surface area (Å²) in [6, 6.07) is 17.5. The van der Waals surface area contributed by atoms with E-state index in [0.29, 0.717) is 27.4 Å². The molecule has 0 spiro atoms. The van der Waals surface area contributed by atoms with Gasteiger partial charge >= 0.3 is 0 Å². The monoisotopic (exact) mass is 402 g/mol. The number of amides is 1. The molecule has 0 N–H and O–H groups in total. The molecule has 1 aliphatic rings. The second-order valence-corrected chi connectivity index (χ2v) is 7.43. The Morgan fingerprint density at radius 1 is 1.03 bits per heavy atom. The first-order valence-corrected chi connectivity index (χ1v) is 9.50. The summed E-state index contributed by atoms with van der Waals surface area (Å²) < 4.78 is 5.93. The van der Waals surface area contributed by atoms with Crippen LogP contribution in [0.3, 0.4) is 0 Å². The Hall–Kier alpha value is -3.44. The number of pyridine rings is 1. The zero-order valence-electron chi connectivity index (χ0n) is 15.4. The number of halogens is 1. The van der Waals surface area contributed by atoms with Crippen molar-refractivity contribution in [1.82, 2.24) is 4.98 Å². The van der Waals surface area contributed by atoms with Gasteiger partial charge in [-0.3, -0.25) is 14.5 Å². The molecule has 0 saturated carbocycles. The van der Waals surface area contributed by atoms with Gasteiger partial charge in [0, 0.05) is 6.20 Å². The van der Waals surface area contributed by atoms with Crippen molar-refractivity contribution in [1.29, 1.82) is 0 Å². The number of fused-ring (bicyclic) bond motifs is 2. The number of anilines is 1. The molecule has 4 aromatic rings. The Labute approximate surface area is 171 Å². The number of aromatic nitrogens is 1. The van der Waals surface area contributed by atoms with Crippen LogP contribution in [-0.4, -0.2) is 10.9 Å². The molecule has 2 aromatic heterocycles. The molecule has 1 aliphatic heterocycles. The van der Waals surface area contributed by atoms with E-state index in [2.05, 4.69) is 4.98 Å². The van der Waals surface area contributed by atoms with Crippen LogP contribution in [0.4, 0.5) is 5.82 Å². The van der Waals surface area contributed by atoms with Gasteiger partial charge in [0.2, 0.25) is 5.76 Å². The quantitative estimate of drug-likeness (QED) is 0.478. The second kappa shape index (κ2) is 6.57. The van der Waals surface area contributed by atoms with Crippen LogP contribution in [0.1, 0.15) is 33.3 Å². The molecule has 0 unspecified atom stereocenters. The normalized spacial score (nSPS) is 15.7. The summed E-state index contributed by atoms with van der Waals surface area (Å²) in [7, 11) is 0. The molecule has 5 nitrogen and oxygen atoms in total. The van der Waals surface area contributed by atoms with Crippen LogP contribution in [0, 0.1) is 6.92 Å². The van der Waals surface area contributed by atoms with Gasteiger partial charge in [-0.1, -0.05) is 53.6 Å². The summed E-state index contributed by atoms with van der Waals surface area (Å²) in [6.45, 7) is 1.91. The minimum Gasteiger partial charge on any atom is -0.450 e. The maximum absolute atomic E-state index is 13.5. The molecule has 0 saturated heterocycles. The van der Waals surface area contributed by atoms with E-state index < -0.39 is 11.9 Å².